The largest absolute Gasteiger partial charge is 0.480 e. The first kappa shape index (κ1) is 19.0. The third-order valence-corrected chi connectivity index (χ3v) is 5.69. The van der Waals surface area contributed by atoms with Crippen molar-refractivity contribution < 1.29 is 9.47 Å². The molecule has 0 atom stereocenters. The Morgan fingerprint density at radius 3 is 2.97 bits per heavy atom. The fraction of sp³-hybridized carbons (Fsp3) is 0.348. The molecule has 0 saturated heterocycles. The van der Waals surface area contributed by atoms with Gasteiger partial charge in [0.2, 0.25) is 11.8 Å². The van der Waals surface area contributed by atoms with E-state index in [1.807, 2.05) is 12.3 Å². The van der Waals surface area contributed by atoms with Crippen LogP contribution in [0.5, 0.6) is 5.88 Å². The standard InChI is InChI=1S/C23H25N5O2/c1-28-9-6-19-17(14-28)12-20(22(25-19)29-2)26-23-24-13-16-4-3-5-18(21(16)27-23)15-7-10-30-11-8-15/h3-5,7,12-13H,6,8-11,14H2,1-2H3,(H,24,26,27). The number of ether oxygens (including phenoxy) is 2. The van der Waals surface area contributed by atoms with Gasteiger partial charge in [-0.1, -0.05) is 24.3 Å². The van der Waals surface area contributed by atoms with Crippen LogP contribution in [0, 0.1) is 0 Å². The number of rotatable bonds is 4. The molecule has 2 aliphatic heterocycles. The number of para-hydroxylation sites is 1. The van der Waals surface area contributed by atoms with Crippen LogP contribution in [0.2, 0.25) is 0 Å². The van der Waals surface area contributed by atoms with E-state index in [1.165, 1.54) is 11.1 Å². The fourth-order valence-electron chi connectivity index (χ4n) is 4.11. The number of likely N-dealkylation sites (N-methyl/N-ethyl adjacent to an activating group) is 1. The number of anilines is 2. The molecule has 2 aliphatic rings. The lowest BCUT2D eigenvalue weighted by molar-refractivity contribution is 0.161. The predicted molar refractivity (Wildman–Crippen MR) is 117 cm³/mol. The van der Waals surface area contributed by atoms with Gasteiger partial charge in [-0.3, -0.25) is 0 Å². The summed E-state index contributed by atoms with van der Waals surface area (Å²) in [6, 6.07) is 8.32. The average molecular weight is 403 g/mol. The van der Waals surface area contributed by atoms with E-state index in [0.717, 1.165) is 60.4 Å². The summed E-state index contributed by atoms with van der Waals surface area (Å²) >= 11 is 0. The molecule has 0 spiro atoms. The average Bonchev–Trinajstić information content (AvgIpc) is 2.78. The number of fused-ring (bicyclic) bond motifs is 2. The summed E-state index contributed by atoms with van der Waals surface area (Å²) in [7, 11) is 3.77. The highest BCUT2D eigenvalue weighted by molar-refractivity contribution is 5.91. The van der Waals surface area contributed by atoms with Crippen LogP contribution < -0.4 is 10.1 Å². The normalized spacial score (nSPS) is 16.8. The van der Waals surface area contributed by atoms with Crippen molar-refractivity contribution in [3.63, 3.8) is 0 Å². The number of methoxy groups -OCH3 is 1. The number of hydrogen-bond donors (Lipinski definition) is 1. The summed E-state index contributed by atoms with van der Waals surface area (Å²) < 4.78 is 11.0. The van der Waals surface area contributed by atoms with Gasteiger partial charge in [0, 0.05) is 36.7 Å². The molecule has 154 valence electrons. The van der Waals surface area contributed by atoms with Crippen LogP contribution in [0.4, 0.5) is 11.6 Å². The van der Waals surface area contributed by atoms with Gasteiger partial charge >= 0.3 is 0 Å². The van der Waals surface area contributed by atoms with Crippen LogP contribution in [0.15, 0.2) is 36.5 Å². The van der Waals surface area contributed by atoms with Gasteiger partial charge < -0.3 is 19.7 Å². The van der Waals surface area contributed by atoms with Gasteiger partial charge in [-0.15, -0.1) is 0 Å². The second-order valence-corrected chi connectivity index (χ2v) is 7.76. The maximum absolute atomic E-state index is 5.55. The third-order valence-electron chi connectivity index (χ3n) is 5.69. The molecule has 30 heavy (non-hydrogen) atoms. The Labute approximate surface area is 175 Å². The number of nitrogens with one attached hydrogen (secondary N) is 1. The van der Waals surface area contributed by atoms with Crippen LogP contribution in [-0.4, -0.2) is 53.8 Å². The Kier molecular flexibility index (Phi) is 5.06. The Hall–Kier alpha value is -3.03. The Morgan fingerprint density at radius 2 is 2.13 bits per heavy atom. The number of pyridine rings is 1. The monoisotopic (exact) mass is 403 g/mol. The first-order valence-corrected chi connectivity index (χ1v) is 10.3. The summed E-state index contributed by atoms with van der Waals surface area (Å²) in [5.41, 5.74) is 6.44. The van der Waals surface area contributed by atoms with E-state index in [2.05, 4.69) is 46.5 Å². The molecule has 7 nitrogen and oxygen atoms in total. The molecule has 4 heterocycles. The molecule has 2 aromatic heterocycles. The molecule has 7 heteroatoms. The fourth-order valence-corrected chi connectivity index (χ4v) is 4.11. The van der Waals surface area contributed by atoms with E-state index in [1.54, 1.807) is 7.11 Å². The van der Waals surface area contributed by atoms with Crippen molar-refractivity contribution >= 4 is 28.1 Å². The number of benzene rings is 1. The highest BCUT2D eigenvalue weighted by Gasteiger charge is 2.19. The number of hydrogen-bond acceptors (Lipinski definition) is 7. The molecular weight excluding hydrogens is 378 g/mol. The van der Waals surface area contributed by atoms with Crippen LogP contribution in [0.25, 0.3) is 16.5 Å². The molecule has 0 unspecified atom stereocenters. The van der Waals surface area contributed by atoms with Gasteiger partial charge in [0.1, 0.15) is 5.69 Å². The molecule has 0 amide bonds. The van der Waals surface area contributed by atoms with Crippen LogP contribution in [0.3, 0.4) is 0 Å². The van der Waals surface area contributed by atoms with Crippen molar-refractivity contribution in [1.29, 1.82) is 0 Å². The Morgan fingerprint density at radius 1 is 1.20 bits per heavy atom. The van der Waals surface area contributed by atoms with E-state index in [0.29, 0.717) is 18.4 Å². The predicted octanol–water partition coefficient (Wildman–Crippen LogP) is 3.57. The lowest BCUT2D eigenvalue weighted by Crippen LogP contribution is -2.27. The Bertz CT molecular complexity index is 1130. The minimum Gasteiger partial charge on any atom is -0.480 e. The van der Waals surface area contributed by atoms with E-state index >= 15 is 0 Å². The summed E-state index contributed by atoms with van der Waals surface area (Å²) in [6.07, 6.45) is 5.82. The molecule has 3 aromatic rings. The quantitative estimate of drug-likeness (QED) is 0.714. The molecule has 0 aliphatic carbocycles. The van der Waals surface area contributed by atoms with Gasteiger partial charge in [0.05, 0.1) is 31.5 Å². The van der Waals surface area contributed by atoms with Gasteiger partial charge in [0.25, 0.3) is 0 Å². The van der Waals surface area contributed by atoms with Crippen molar-refractivity contribution in [2.75, 3.05) is 39.2 Å². The molecule has 1 aromatic carbocycles. The second kappa shape index (κ2) is 8.01. The van der Waals surface area contributed by atoms with Gasteiger partial charge in [-0.05, 0) is 30.7 Å². The van der Waals surface area contributed by atoms with Crippen molar-refractivity contribution in [3.05, 3.63) is 53.4 Å². The first-order valence-electron chi connectivity index (χ1n) is 10.3. The molecule has 0 radical (unpaired) electrons. The van der Waals surface area contributed by atoms with Crippen molar-refractivity contribution in [1.82, 2.24) is 19.9 Å². The zero-order chi connectivity index (χ0) is 20.5. The van der Waals surface area contributed by atoms with E-state index in [-0.39, 0.29) is 0 Å². The van der Waals surface area contributed by atoms with E-state index in [9.17, 15) is 0 Å². The number of aromatic nitrogens is 3. The zero-order valence-electron chi connectivity index (χ0n) is 17.3. The van der Waals surface area contributed by atoms with E-state index in [4.69, 9.17) is 19.4 Å². The highest BCUT2D eigenvalue weighted by Crippen LogP contribution is 2.31. The minimum absolute atomic E-state index is 0.534. The second-order valence-electron chi connectivity index (χ2n) is 7.76. The van der Waals surface area contributed by atoms with Crippen LogP contribution in [-0.2, 0) is 17.7 Å². The number of nitrogens with zero attached hydrogens (tertiary/aromatic N) is 4. The summed E-state index contributed by atoms with van der Waals surface area (Å²) in [4.78, 5) is 16.4. The maximum atomic E-state index is 5.55. The SMILES string of the molecule is COc1nc2c(cc1Nc1ncc3cccc(C4=CCOCC4)c3n1)CN(C)CC2. The van der Waals surface area contributed by atoms with Crippen LogP contribution >= 0.6 is 0 Å². The summed E-state index contributed by atoms with van der Waals surface area (Å²) in [5, 5.41) is 4.35. The maximum Gasteiger partial charge on any atom is 0.237 e. The zero-order valence-corrected chi connectivity index (χ0v) is 17.3. The highest BCUT2D eigenvalue weighted by atomic mass is 16.5. The molecule has 0 bridgehead atoms. The summed E-state index contributed by atoms with van der Waals surface area (Å²) in [6.45, 7) is 3.27. The Balaban J connectivity index is 1.53. The van der Waals surface area contributed by atoms with Crippen molar-refractivity contribution in [2.45, 2.75) is 19.4 Å². The summed E-state index contributed by atoms with van der Waals surface area (Å²) in [5.74, 6) is 1.11. The van der Waals surface area contributed by atoms with Crippen LogP contribution in [0.1, 0.15) is 23.2 Å². The molecule has 0 saturated carbocycles. The molecule has 5 rings (SSSR count). The molecule has 0 fully saturated rings. The van der Waals surface area contributed by atoms with Gasteiger partial charge in [-0.2, -0.15) is 0 Å². The minimum atomic E-state index is 0.534. The van der Waals surface area contributed by atoms with Crippen molar-refractivity contribution in [3.8, 4) is 5.88 Å². The van der Waals surface area contributed by atoms with Crippen molar-refractivity contribution in [2.24, 2.45) is 0 Å². The molecule has 1 N–H and O–H groups in total. The first-order chi connectivity index (χ1) is 14.7. The van der Waals surface area contributed by atoms with Gasteiger partial charge in [0.15, 0.2) is 0 Å². The smallest absolute Gasteiger partial charge is 0.237 e. The lowest BCUT2D eigenvalue weighted by atomic mass is 9.99. The topological polar surface area (TPSA) is 72.4 Å². The van der Waals surface area contributed by atoms with E-state index < -0.39 is 0 Å². The molecular formula is C23H25N5O2. The third kappa shape index (κ3) is 3.62. The lowest BCUT2D eigenvalue weighted by Gasteiger charge is -2.25. The van der Waals surface area contributed by atoms with Gasteiger partial charge in [-0.25, -0.2) is 15.0 Å².